The van der Waals surface area contributed by atoms with E-state index >= 15 is 0 Å². The number of benzene rings is 1. The van der Waals surface area contributed by atoms with E-state index in [0.29, 0.717) is 17.7 Å². The van der Waals surface area contributed by atoms with Crippen LogP contribution in [0.2, 0.25) is 0 Å². The molecule has 0 unspecified atom stereocenters. The summed E-state index contributed by atoms with van der Waals surface area (Å²) in [5, 5.41) is 3.26. The molecule has 94 valence electrons. The number of hydrogen-bond donors (Lipinski definition) is 1. The van der Waals surface area contributed by atoms with Gasteiger partial charge in [0.2, 0.25) is 0 Å². The number of Topliss-reactive ketones (excluding diaryl/α,β-unsaturated/α-hetero) is 1. The van der Waals surface area contributed by atoms with Gasteiger partial charge in [0.25, 0.3) is 0 Å². The zero-order chi connectivity index (χ0) is 12.5. The van der Waals surface area contributed by atoms with E-state index in [9.17, 15) is 4.79 Å². The first-order valence-electron chi connectivity index (χ1n) is 6.16. The molecular weight excluding hydrogens is 214 g/mol. The number of hydrogen-bond acceptors (Lipinski definition) is 3. The largest absolute Gasteiger partial charge is 0.496 e. The highest BCUT2D eigenvalue weighted by molar-refractivity contribution is 5.98. The summed E-state index contributed by atoms with van der Waals surface area (Å²) in [6.07, 6.45) is 2.85. The molecule has 0 saturated heterocycles. The van der Waals surface area contributed by atoms with Gasteiger partial charge >= 0.3 is 0 Å². The Morgan fingerprint density at radius 2 is 2.06 bits per heavy atom. The van der Waals surface area contributed by atoms with Crippen molar-refractivity contribution in [2.75, 3.05) is 20.2 Å². The third kappa shape index (κ3) is 4.57. The Morgan fingerprint density at radius 3 is 2.76 bits per heavy atom. The lowest BCUT2D eigenvalue weighted by Crippen LogP contribution is -2.19. The molecule has 0 aliphatic rings. The van der Waals surface area contributed by atoms with Gasteiger partial charge in [-0.3, -0.25) is 4.79 Å². The molecule has 0 aliphatic carbocycles. The van der Waals surface area contributed by atoms with Gasteiger partial charge in [0.1, 0.15) is 5.75 Å². The maximum absolute atomic E-state index is 11.9. The molecule has 0 spiro atoms. The lowest BCUT2D eigenvalue weighted by atomic mass is 10.1. The minimum Gasteiger partial charge on any atom is -0.496 e. The van der Waals surface area contributed by atoms with Gasteiger partial charge in [0.15, 0.2) is 5.78 Å². The first kappa shape index (κ1) is 13.7. The van der Waals surface area contributed by atoms with E-state index < -0.39 is 0 Å². The minimum absolute atomic E-state index is 0.131. The van der Waals surface area contributed by atoms with E-state index in [2.05, 4.69) is 12.2 Å². The van der Waals surface area contributed by atoms with Crippen molar-refractivity contribution < 1.29 is 9.53 Å². The molecule has 0 aliphatic heterocycles. The molecule has 0 aromatic heterocycles. The van der Waals surface area contributed by atoms with Gasteiger partial charge in [-0.15, -0.1) is 0 Å². The van der Waals surface area contributed by atoms with Gasteiger partial charge in [-0.05, 0) is 25.1 Å². The van der Waals surface area contributed by atoms with Crippen molar-refractivity contribution in [3.8, 4) is 5.75 Å². The fourth-order valence-corrected chi connectivity index (χ4v) is 1.64. The quantitative estimate of drug-likeness (QED) is 0.556. The smallest absolute Gasteiger partial charge is 0.167 e. The van der Waals surface area contributed by atoms with Crippen molar-refractivity contribution in [3.05, 3.63) is 29.8 Å². The number of rotatable bonds is 8. The van der Waals surface area contributed by atoms with E-state index in [1.165, 1.54) is 6.42 Å². The Morgan fingerprint density at radius 1 is 1.29 bits per heavy atom. The molecule has 3 nitrogen and oxygen atoms in total. The highest BCUT2D eigenvalue weighted by atomic mass is 16.5. The Hall–Kier alpha value is -1.35. The van der Waals surface area contributed by atoms with Gasteiger partial charge in [-0.25, -0.2) is 0 Å². The second-order valence-electron chi connectivity index (χ2n) is 3.98. The van der Waals surface area contributed by atoms with Crippen molar-refractivity contribution in [1.82, 2.24) is 5.32 Å². The van der Waals surface area contributed by atoms with Gasteiger partial charge in [-0.1, -0.05) is 25.5 Å². The van der Waals surface area contributed by atoms with E-state index in [1.807, 2.05) is 24.3 Å². The van der Waals surface area contributed by atoms with Crippen LogP contribution in [0.3, 0.4) is 0 Å². The summed E-state index contributed by atoms with van der Waals surface area (Å²) >= 11 is 0. The SMILES string of the molecule is CCCCNCCC(=O)c1ccccc1OC. The Kier molecular flexibility index (Phi) is 6.33. The number of unbranched alkanes of at least 4 members (excludes halogenated alkanes) is 1. The zero-order valence-electron chi connectivity index (χ0n) is 10.7. The fourth-order valence-electron chi connectivity index (χ4n) is 1.64. The first-order chi connectivity index (χ1) is 8.29. The molecule has 1 aromatic rings. The van der Waals surface area contributed by atoms with Gasteiger partial charge in [-0.2, -0.15) is 0 Å². The molecule has 1 aromatic carbocycles. The molecule has 0 atom stereocenters. The summed E-state index contributed by atoms with van der Waals surface area (Å²) in [7, 11) is 1.59. The number of carbonyl (C=O) groups is 1. The molecule has 0 heterocycles. The third-order valence-corrected chi connectivity index (χ3v) is 2.64. The fraction of sp³-hybridized carbons (Fsp3) is 0.500. The summed E-state index contributed by atoms with van der Waals surface area (Å²) in [4.78, 5) is 11.9. The van der Waals surface area contributed by atoms with E-state index in [1.54, 1.807) is 7.11 Å². The number of nitrogens with one attached hydrogen (secondary N) is 1. The van der Waals surface area contributed by atoms with Crippen molar-refractivity contribution in [2.24, 2.45) is 0 Å². The molecule has 0 radical (unpaired) electrons. The summed E-state index contributed by atoms with van der Waals surface area (Å²) in [5.74, 6) is 0.789. The van der Waals surface area contributed by atoms with Crippen molar-refractivity contribution in [3.63, 3.8) is 0 Å². The number of methoxy groups -OCH3 is 1. The van der Waals surface area contributed by atoms with Crippen LogP contribution in [0.25, 0.3) is 0 Å². The molecule has 0 bridgehead atoms. The molecule has 1 N–H and O–H groups in total. The Bertz CT molecular complexity index is 350. The van der Waals surface area contributed by atoms with Crippen LogP contribution in [0.1, 0.15) is 36.5 Å². The number of para-hydroxylation sites is 1. The molecule has 0 fully saturated rings. The standard InChI is InChI=1S/C14H21NO2/c1-3-4-10-15-11-9-13(16)12-7-5-6-8-14(12)17-2/h5-8,15H,3-4,9-11H2,1-2H3. The summed E-state index contributed by atoms with van der Waals surface area (Å²) in [6.45, 7) is 3.87. The summed E-state index contributed by atoms with van der Waals surface area (Å²) < 4.78 is 5.17. The Balaban J connectivity index is 2.41. The maximum atomic E-state index is 11.9. The summed E-state index contributed by atoms with van der Waals surface area (Å²) in [6, 6.07) is 7.36. The lowest BCUT2D eigenvalue weighted by molar-refractivity contribution is 0.0979. The van der Waals surface area contributed by atoms with Crippen LogP contribution in [-0.4, -0.2) is 26.0 Å². The van der Waals surface area contributed by atoms with E-state index in [4.69, 9.17) is 4.74 Å². The van der Waals surface area contributed by atoms with Gasteiger partial charge < -0.3 is 10.1 Å². The average Bonchev–Trinajstić information content (AvgIpc) is 2.38. The average molecular weight is 235 g/mol. The molecule has 1 rings (SSSR count). The van der Waals surface area contributed by atoms with Gasteiger partial charge in [0, 0.05) is 13.0 Å². The highest BCUT2D eigenvalue weighted by Gasteiger charge is 2.10. The summed E-state index contributed by atoms with van der Waals surface area (Å²) in [5.41, 5.74) is 0.673. The van der Waals surface area contributed by atoms with Crippen LogP contribution in [-0.2, 0) is 0 Å². The lowest BCUT2D eigenvalue weighted by Gasteiger charge is -2.07. The van der Waals surface area contributed by atoms with Crippen molar-refractivity contribution >= 4 is 5.78 Å². The topological polar surface area (TPSA) is 38.3 Å². The van der Waals surface area contributed by atoms with Gasteiger partial charge in [0.05, 0.1) is 12.7 Å². The van der Waals surface area contributed by atoms with Crippen LogP contribution in [0.5, 0.6) is 5.75 Å². The predicted molar refractivity (Wildman–Crippen MR) is 69.7 cm³/mol. The van der Waals surface area contributed by atoms with Crippen molar-refractivity contribution in [1.29, 1.82) is 0 Å². The molecule has 3 heteroatoms. The zero-order valence-corrected chi connectivity index (χ0v) is 10.7. The molecule has 0 saturated carbocycles. The normalized spacial score (nSPS) is 10.2. The Labute approximate surface area is 103 Å². The van der Waals surface area contributed by atoms with Crippen LogP contribution >= 0.6 is 0 Å². The molecular formula is C14H21NO2. The predicted octanol–water partition coefficient (Wildman–Crippen LogP) is 2.66. The maximum Gasteiger partial charge on any atom is 0.167 e. The third-order valence-electron chi connectivity index (χ3n) is 2.64. The van der Waals surface area contributed by atoms with Crippen LogP contribution < -0.4 is 10.1 Å². The minimum atomic E-state index is 0.131. The second kappa shape index (κ2) is 7.85. The van der Waals surface area contributed by atoms with Crippen molar-refractivity contribution in [2.45, 2.75) is 26.2 Å². The first-order valence-corrected chi connectivity index (χ1v) is 6.16. The van der Waals surface area contributed by atoms with E-state index in [-0.39, 0.29) is 5.78 Å². The molecule has 0 amide bonds. The highest BCUT2D eigenvalue weighted by Crippen LogP contribution is 2.18. The number of ketones is 1. The molecule has 17 heavy (non-hydrogen) atoms. The van der Waals surface area contributed by atoms with Crippen LogP contribution in [0, 0.1) is 0 Å². The van der Waals surface area contributed by atoms with Crippen LogP contribution in [0.15, 0.2) is 24.3 Å². The monoisotopic (exact) mass is 235 g/mol. The number of ether oxygens (including phenoxy) is 1. The van der Waals surface area contributed by atoms with E-state index in [0.717, 1.165) is 19.5 Å². The second-order valence-corrected chi connectivity index (χ2v) is 3.98. The van der Waals surface area contributed by atoms with Crippen LogP contribution in [0.4, 0.5) is 0 Å². The number of carbonyl (C=O) groups excluding carboxylic acids is 1.